The highest BCUT2D eigenvalue weighted by molar-refractivity contribution is 6.30. The van der Waals surface area contributed by atoms with Gasteiger partial charge in [-0.3, -0.25) is 4.79 Å². The smallest absolute Gasteiger partial charge is 0.254 e. The average molecular weight is 363 g/mol. The van der Waals surface area contributed by atoms with E-state index >= 15 is 0 Å². The summed E-state index contributed by atoms with van der Waals surface area (Å²) in [7, 11) is 0. The predicted octanol–water partition coefficient (Wildman–Crippen LogP) is 4.17. The quantitative estimate of drug-likeness (QED) is 0.884. The minimum atomic E-state index is 0. The molecule has 24 heavy (non-hydrogen) atoms. The van der Waals surface area contributed by atoms with Gasteiger partial charge in [-0.05, 0) is 53.8 Å². The van der Waals surface area contributed by atoms with Crippen molar-refractivity contribution >= 4 is 29.9 Å². The summed E-state index contributed by atoms with van der Waals surface area (Å²) < 4.78 is 0. The van der Waals surface area contributed by atoms with Crippen molar-refractivity contribution < 1.29 is 4.79 Å². The maximum atomic E-state index is 13.0. The molecule has 1 saturated carbocycles. The highest BCUT2D eigenvalue weighted by atomic mass is 35.5. The maximum absolute atomic E-state index is 13.0. The van der Waals surface area contributed by atoms with E-state index in [1.54, 1.807) is 0 Å². The van der Waals surface area contributed by atoms with Crippen molar-refractivity contribution in [2.24, 2.45) is 0 Å². The Kier molecular flexibility index (Phi) is 5.14. The van der Waals surface area contributed by atoms with E-state index in [1.807, 2.05) is 35.2 Å². The molecule has 2 aromatic rings. The topological polar surface area (TPSA) is 32.3 Å². The van der Waals surface area contributed by atoms with Gasteiger partial charge in [0.2, 0.25) is 0 Å². The van der Waals surface area contributed by atoms with E-state index in [2.05, 4.69) is 17.4 Å². The van der Waals surface area contributed by atoms with E-state index in [0.29, 0.717) is 12.6 Å². The fourth-order valence-electron chi connectivity index (χ4n) is 3.13. The minimum Gasteiger partial charge on any atom is -0.331 e. The normalized spacial score (nSPS) is 15.5. The molecule has 4 rings (SSSR count). The summed E-state index contributed by atoms with van der Waals surface area (Å²) in [6, 6.07) is 14.2. The number of rotatable bonds is 4. The molecule has 0 atom stereocenters. The standard InChI is InChI=1S/C19H19ClN2O.ClH/c20-17-5-1-13(2-6-17)12-22(18-7-8-18)19(23)14-3-4-15-10-21-11-16(15)9-14;/h1-6,9,18,21H,7-8,10-12H2;1H. The van der Waals surface area contributed by atoms with Crippen molar-refractivity contribution in [3.63, 3.8) is 0 Å². The number of carbonyl (C=O) groups excluding carboxylic acids is 1. The molecule has 126 valence electrons. The first-order valence-corrected chi connectivity index (χ1v) is 8.46. The Morgan fingerprint density at radius 2 is 1.79 bits per heavy atom. The summed E-state index contributed by atoms with van der Waals surface area (Å²) in [5, 5.41) is 4.05. The highest BCUT2D eigenvalue weighted by Gasteiger charge is 2.33. The molecule has 3 nitrogen and oxygen atoms in total. The van der Waals surface area contributed by atoms with E-state index in [9.17, 15) is 4.79 Å². The van der Waals surface area contributed by atoms with Crippen LogP contribution in [0.15, 0.2) is 42.5 Å². The lowest BCUT2D eigenvalue weighted by atomic mass is 10.1. The monoisotopic (exact) mass is 362 g/mol. The number of fused-ring (bicyclic) bond motifs is 1. The number of amides is 1. The number of hydrogen-bond donors (Lipinski definition) is 1. The fourth-order valence-corrected chi connectivity index (χ4v) is 3.26. The first-order valence-electron chi connectivity index (χ1n) is 8.08. The molecule has 0 saturated heterocycles. The molecule has 1 heterocycles. The molecule has 1 amide bonds. The number of hydrogen-bond acceptors (Lipinski definition) is 2. The van der Waals surface area contributed by atoms with Gasteiger partial charge in [-0.1, -0.05) is 29.8 Å². The molecule has 0 radical (unpaired) electrons. The lowest BCUT2D eigenvalue weighted by Crippen LogP contribution is -2.32. The third-order valence-corrected chi connectivity index (χ3v) is 4.85. The zero-order valence-electron chi connectivity index (χ0n) is 13.3. The van der Waals surface area contributed by atoms with Crippen LogP contribution in [0, 0.1) is 0 Å². The lowest BCUT2D eigenvalue weighted by molar-refractivity contribution is 0.0730. The van der Waals surface area contributed by atoms with Crippen molar-refractivity contribution in [1.82, 2.24) is 10.2 Å². The Morgan fingerprint density at radius 3 is 2.50 bits per heavy atom. The number of carbonyl (C=O) groups is 1. The molecular formula is C19H20Cl2N2O. The maximum Gasteiger partial charge on any atom is 0.254 e. The molecule has 0 bridgehead atoms. The van der Waals surface area contributed by atoms with Gasteiger partial charge in [-0.15, -0.1) is 12.4 Å². The van der Waals surface area contributed by atoms with E-state index < -0.39 is 0 Å². The number of nitrogens with zero attached hydrogens (tertiary/aromatic N) is 1. The van der Waals surface area contributed by atoms with E-state index in [-0.39, 0.29) is 18.3 Å². The Labute approximate surface area is 153 Å². The molecule has 0 spiro atoms. The van der Waals surface area contributed by atoms with Gasteiger partial charge in [-0.2, -0.15) is 0 Å². The second-order valence-corrected chi connectivity index (χ2v) is 6.81. The number of halogens is 2. The largest absolute Gasteiger partial charge is 0.331 e. The summed E-state index contributed by atoms with van der Waals surface area (Å²) in [4.78, 5) is 15.0. The minimum absolute atomic E-state index is 0. The van der Waals surface area contributed by atoms with Gasteiger partial charge in [0, 0.05) is 36.3 Å². The average Bonchev–Trinajstić information content (AvgIpc) is 3.30. The summed E-state index contributed by atoms with van der Waals surface area (Å²) in [5.41, 5.74) is 4.47. The summed E-state index contributed by atoms with van der Waals surface area (Å²) in [6.45, 7) is 2.41. The summed E-state index contributed by atoms with van der Waals surface area (Å²) >= 11 is 5.95. The summed E-state index contributed by atoms with van der Waals surface area (Å²) in [6.07, 6.45) is 2.21. The van der Waals surface area contributed by atoms with Crippen LogP contribution in [0.25, 0.3) is 0 Å². The Hall–Kier alpha value is -1.55. The molecule has 0 unspecified atom stereocenters. The van der Waals surface area contributed by atoms with Gasteiger partial charge in [0.05, 0.1) is 0 Å². The zero-order valence-corrected chi connectivity index (χ0v) is 14.9. The molecule has 1 aliphatic carbocycles. The molecule has 0 aromatic heterocycles. The van der Waals surface area contributed by atoms with E-state index in [0.717, 1.165) is 42.1 Å². The molecule has 5 heteroatoms. The van der Waals surface area contributed by atoms with Crippen molar-refractivity contribution in [3.05, 3.63) is 69.7 Å². The Bertz CT molecular complexity index is 742. The van der Waals surface area contributed by atoms with Crippen LogP contribution in [0.2, 0.25) is 5.02 Å². The second kappa shape index (κ2) is 7.14. The molecule has 1 aliphatic heterocycles. The van der Waals surface area contributed by atoms with Crippen molar-refractivity contribution in [2.75, 3.05) is 0 Å². The first kappa shape index (κ1) is 17.3. The van der Waals surface area contributed by atoms with E-state index in [4.69, 9.17) is 11.6 Å². The van der Waals surface area contributed by atoms with Crippen molar-refractivity contribution in [1.29, 1.82) is 0 Å². The van der Waals surface area contributed by atoms with Crippen molar-refractivity contribution in [2.45, 2.75) is 38.5 Å². The Balaban J connectivity index is 0.00000169. The van der Waals surface area contributed by atoms with Crippen LogP contribution in [0.1, 0.15) is 39.9 Å². The SMILES string of the molecule is Cl.O=C(c1ccc2c(c1)CNC2)N(Cc1ccc(Cl)cc1)C1CC1. The molecule has 1 fully saturated rings. The number of nitrogens with one attached hydrogen (secondary N) is 1. The molecule has 2 aliphatic rings. The third-order valence-electron chi connectivity index (χ3n) is 4.60. The third kappa shape index (κ3) is 3.59. The molecule has 1 N–H and O–H groups in total. The van der Waals surface area contributed by atoms with Crippen molar-refractivity contribution in [3.8, 4) is 0 Å². The van der Waals surface area contributed by atoms with Gasteiger partial charge in [0.25, 0.3) is 5.91 Å². The predicted molar refractivity (Wildman–Crippen MR) is 98.6 cm³/mol. The van der Waals surface area contributed by atoms with E-state index in [1.165, 1.54) is 11.1 Å². The lowest BCUT2D eigenvalue weighted by Gasteiger charge is -2.23. The van der Waals surface area contributed by atoms with Gasteiger partial charge in [0.15, 0.2) is 0 Å². The molecular weight excluding hydrogens is 343 g/mol. The van der Waals surface area contributed by atoms with Gasteiger partial charge >= 0.3 is 0 Å². The van der Waals surface area contributed by atoms with Crippen LogP contribution >= 0.6 is 24.0 Å². The van der Waals surface area contributed by atoms with Crippen LogP contribution in [0.4, 0.5) is 0 Å². The van der Waals surface area contributed by atoms with Crippen LogP contribution in [0.5, 0.6) is 0 Å². The highest BCUT2D eigenvalue weighted by Crippen LogP contribution is 2.30. The van der Waals surface area contributed by atoms with Crippen LogP contribution in [-0.4, -0.2) is 16.8 Å². The summed E-state index contributed by atoms with van der Waals surface area (Å²) in [5.74, 6) is 0.136. The van der Waals surface area contributed by atoms with Crippen LogP contribution in [0.3, 0.4) is 0 Å². The zero-order chi connectivity index (χ0) is 15.8. The first-order chi connectivity index (χ1) is 11.2. The fraction of sp³-hybridized carbons (Fsp3) is 0.316. The van der Waals surface area contributed by atoms with Gasteiger partial charge in [-0.25, -0.2) is 0 Å². The second-order valence-electron chi connectivity index (χ2n) is 6.38. The number of benzene rings is 2. The molecule has 2 aromatic carbocycles. The van der Waals surface area contributed by atoms with Gasteiger partial charge in [0.1, 0.15) is 0 Å². The Morgan fingerprint density at radius 1 is 1.08 bits per heavy atom. The van der Waals surface area contributed by atoms with Gasteiger partial charge < -0.3 is 10.2 Å². The van der Waals surface area contributed by atoms with Crippen LogP contribution < -0.4 is 5.32 Å². The van der Waals surface area contributed by atoms with Crippen LogP contribution in [-0.2, 0) is 19.6 Å².